The molecule has 1 saturated heterocycles. The summed E-state index contributed by atoms with van der Waals surface area (Å²) in [6.07, 6.45) is 0.406. The van der Waals surface area contributed by atoms with E-state index in [0.717, 1.165) is 5.56 Å². The van der Waals surface area contributed by atoms with Crippen molar-refractivity contribution in [2.75, 3.05) is 11.9 Å². The minimum Gasteiger partial charge on any atom is -0.365 e. The molecule has 1 aromatic carbocycles. The predicted octanol–water partition coefficient (Wildman–Crippen LogP) is 2.82. The Labute approximate surface area is 139 Å². The van der Waals surface area contributed by atoms with Gasteiger partial charge in [-0.05, 0) is 23.8 Å². The molecule has 1 amide bonds. The number of hydrogen-bond acceptors (Lipinski definition) is 4. The average molecular weight is 327 g/mol. The van der Waals surface area contributed by atoms with Crippen molar-refractivity contribution in [2.45, 2.75) is 19.0 Å². The van der Waals surface area contributed by atoms with Gasteiger partial charge >= 0.3 is 0 Å². The van der Waals surface area contributed by atoms with Gasteiger partial charge < -0.3 is 10.2 Å². The largest absolute Gasteiger partial charge is 0.365 e. The zero-order chi connectivity index (χ0) is 16.2. The van der Waals surface area contributed by atoms with Crippen LogP contribution in [-0.4, -0.2) is 28.4 Å². The van der Waals surface area contributed by atoms with Crippen LogP contribution in [0.4, 0.5) is 5.82 Å². The van der Waals surface area contributed by atoms with Crippen LogP contribution in [0.2, 0.25) is 5.02 Å². The highest BCUT2D eigenvalue weighted by Gasteiger charge is 2.30. The Morgan fingerprint density at radius 3 is 2.91 bits per heavy atom. The van der Waals surface area contributed by atoms with Crippen LogP contribution in [0.3, 0.4) is 0 Å². The molecule has 0 radical (unpaired) electrons. The first kappa shape index (κ1) is 15.3. The van der Waals surface area contributed by atoms with E-state index >= 15 is 0 Å². The van der Waals surface area contributed by atoms with Gasteiger partial charge in [0.15, 0.2) is 0 Å². The Bertz CT molecular complexity index is 771. The van der Waals surface area contributed by atoms with Crippen molar-refractivity contribution >= 4 is 23.3 Å². The molecule has 1 aromatic heterocycles. The van der Waals surface area contributed by atoms with Gasteiger partial charge in [-0.15, -0.1) is 0 Å². The number of nitrogens with zero attached hydrogens (tertiary/aromatic N) is 3. The number of anilines is 1. The summed E-state index contributed by atoms with van der Waals surface area (Å²) in [7, 11) is 0. The molecule has 1 atom stereocenters. The lowest BCUT2D eigenvalue weighted by molar-refractivity contribution is -0.128. The van der Waals surface area contributed by atoms with Gasteiger partial charge in [-0.25, -0.2) is 4.98 Å². The van der Waals surface area contributed by atoms with Gasteiger partial charge in [-0.2, -0.15) is 5.26 Å². The van der Waals surface area contributed by atoms with Gasteiger partial charge in [0, 0.05) is 24.5 Å². The molecule has 2 aromatic rings. The SMILES string of the molecule is N#Cc1cccc(NC2CC(=O)N(Cc3ccccc3Cl)C2)n1. The van der Waals surface area contributed by atoms with Crippen LogP contribution in [0.15, 0.2) is 42.5 Å². The first-order chi connectivity index (χ1) is 11.2. The molecule has 1 fully saturated rings. The maximum Gasteiger partial charge on any atom is 0.225 e. The highest BCUT2D eigenvalue weighted by atomic mass is 35.5. The minimum atomic E-state index is -0.0218. The van der Waals surface area contributed by atoms with Crippen molar-refractivity contribution < 1.29 is 4.79 Å². The van der Waals surface area contributed by atoms with Gasteiger partial charge in [0.1, 0.15) is 17.6 Å². The van der Waals surface area contributed by atoms with Crippen molar-refractivity contribution in [3.05, 3.63) is 58.7 Å². The summed E-state index contributed by atoms with van der Waals surface area (Å²) >= 11 is 6.16. The first-order valence-electron chi connectivity index (χ1n) is 7.30. The number of carbonyl (C=O) groups is 1. The number of amides is 1. The normalized spacial score (nSPS) is 17.1. The van der Waals surface area contributed by atoms with Gasteiger partial charge in [0.2, 0.25) is 5.91 Å². The summed E-state index contributed by atoms with van der Waals surface area (Å²) < 4.78 is 0. The minimum absolute atomic E-state index is 0.0218. The molecule has 3 rings (SSSR count). The van der Waals surface area contributed by atoms with E-state index in [0.29, 0.717) is 36.0 Å². The van der Waals surface area contributed by atoms with Crippen molar-refractivity contribution in [3.63, 3.8) is 0 Å². The monoisotopic (exact) mass is 326 g/mol. The summed E-state index contributed by atoms with van der Waals surface area (Å²) in [5.74, 6) is 0.695. The lowest BCUT2D eigenvalue weighted by atomic mass is 10.2. The number of nitrogens with one attached hydrogen (secondary N) is 1. The Balaban J connectivity index is 1.65. The number of hydrogen-bond donors (Lipinski definition) is 1. The molecular formula is C17H15ClN4O. The van der Waals surface area contributed by atoms with E-state index in [1.54, 1.807) is 23.1 Å². The Morgan fingerprint density at radius 1 is 1.30 bits per heavy atom. The molecule has 0 aliphatic carbocycles. The fourth-order valence-corrected chi connectivity index (χ4v) is 2.84. The summed E-state index contributed by atoms with van der Waals surface area (Å²) in [6.45, 7) is 1.09. The highest BCUT2D eigenvalue weighted by Crippen LogP contribution is 2.22. The van der Waals surface area contributed by atoms with Gasteiger partial charge in [-0.1, -0.05) is 35.9 Å². The Kier molecular flexibility index (Phi) is 4.45. The van der Waals surface area contributed by atoms with Crippen LogP contribution < -0.4 is 5.32 Å². The van der Waals surface area contributed by atoms with Crippen LogP contribution in [0, 0.1) is 11.3 Å². The zero-order valence-electron chi connectivity index (χ0n) is 12.4. The van der Waals surface area contributed by atoms with E-state index in [2.05, 4.69) is 10.3 Å². The molecule has 0 spiro atoms. The number of pyridine rings is 1. The van der Waals surface area contributed by atoms with Crippen LogP contribution in [-0.2, 0) is 11.3 Å². The van der Waals surface area contributed by atoms with E-state index < -0.39 is 0 Å². The third-order valence-corrected chi connectivity index (χ3v) is 4.12. The van der Waals surface area contributed by atoms with Crippen LogP contribution >= 0.6 is 11.6 Å². The van der Waals surface area contributed by atoms with E-state index in [1.807, 2.05) is 30.3 Å². The van der Waals surface area contributed by atoms with Crippen molar-refractivity contribution in [1.29, 1.82) is 5.26 Å². The lowest BCUT2D eigenvalue weighted by Crippen LogP contribution is -2.27. The molecular weight excluding hydrogens is 312 g/mol. The number of carbonyl (C=O) groups excluding carboxylic acids is 1. The second-order valence-corrected chi connectivity index (χ2v) is 5.84. The molecule has 1 N–H and O–H groups in total. The van der Waals surface area contributed by atoms with Gasteiger partial charge in [0.25, 0.3) is 0 Å². The second kappa shape index (κ2) is 6.67. The standard InChI is InChI=1S/C17H15ClN4O/c18-15-6-2-1-4-12(15)10-22-11-14(8-17(22)23)21-16-7-3-5-13(9-19)20-16/h1-7,14H,8,10-11H2,(H,20,21). The first-order valence-corrected chi connectivity index (χ1v) is 7.68. The summed E-state index contributed by atoms with van der Waals surface area (Å²) in [4.78, 5) is 18.1. The van der Waals surface area contributed by atoms with Gasteiger partial charge in [-0.3, -0.25) is 4.79 Å². The van der Waals surface area contributed by atoms with E-state index in [-0.39, 0.29) is 11.9 Å². The maximum absolute atomic E-state index is 12.2. The van der Waals surface area contributed by atoms with Crippen molar-refractivity contribution in [1.82, 2.24) is 9.88 Å². The molecule has 1 aliphatic rings. The van der Waals surface area contributed by atoms with E-state index in [4.69, 9.17) is 16.9 Å². The molecule has 1 aliphatic heterocycles. The Morgan fingerprint density at radius 2 is 2.13 bits per heavy atom. The van der Waals surface area contributed by atoms with E-state index in [9.17, 15) is 4.79 Å². The fraction of sp³-hybridized carbons (Fsp3) is 0.235. The molecule has 116 valence electrons. The quantitative estimate of drug-likeness (QED) is 0.938. The number of aromatic nitrogens is 1. The van der Waals surface area contributed by atoms with Crippen LogP contribution in [0.25, 0.3) is 0 Å². The maximum atomic E-state index is 12.2. The van der Waals surface area contributed by atoms with Gasteiger partial charge in [0.05, 0.1) is 6.04 Å². The zero-order valence-corrected chi connectivity index (χ0v) is 13.1. The highest BCUT2D eigenvalue weighted by molar-refractivity contribution is 6.31. The third kappa shape index (κ3) is 3.61. The molecule has 1 unspecified atom stereocenters. The lowest BCUT2D eigenvalue weighted by Gasteiger charge is -2.18. The summed E-state index contributed by atoms with van der Waals surface area (Å²) in [5.41, 5.74) is 1.29. The smallest absolute Gasteiger partial charge is 0.225 e. The van der Waals surface area contributed by atoms with Crippen LogP contribution in [0.5, 0.6) is 0 Å². The fourth-order valence-electron chi connectivity index (χ4n) is 2.64. The molecule has 0 bridgehead atoms. The van der Waals surface area contributed by atoms with Crippen molar-refractivity contribution in [3.8, 4) is 6.07 Å². The summed E-state index contributed by atoms with van der Waals surface area (Å²) in [6, 6.07) is 14.7. The molecule has 2 heterocycles. The predicted molar refractivity (Wildman–Crippen MR) is 87.8 cm³/mol. The van der Waals surface area contributed by atoms with Crippen LogP contribution in [0.1, 0.15) is 17.7 Å². The topological polar surface area (TPSA) is 69.0 Å². The Hall–Kier alpha value is -2.58. The number of benzene rings is 1. The third-order valence-electron chi connectivity index (χ3n) is 3.75. The second-order valence-electron chi connectivity index (χ2n) is 5.43. The number of likely N-dealkylation sites (tertiary alicyclic amines) is 1. The molecule has 6 heteroatoms. The van der Waals surface area contributed by atoms with Crippen molar-refractivity contribution in [2.24, 2.45) is 0 Å². The average Bonchev–Trinajstić information content (AvgIpc) is 2.89. The molecule has 5 nitrogen and oxygen atoms in total. The van der Waals surface area contributed by atoms with E-state index in [1.165, 1.54) is 0 Å². The number of rotatable bonds is 4. The molecule has 23 heavy (non-hydrogen) atoms. The molecule has 0 saturated carbocycles. The number of nitriles is 1. The summed E-state index contributed by atoms with van der Waals surface area (Å²) in [5, 5.41) is 12.8. The number of halogens is 1.